The average Bonchev–Trinajstić information content (AvgIpc) is 2.39. The van der Waals surface area contributed by atoms with Gasteiger partial charge in [-0.05, 0) is 24.5 Å². The van der Waals surface area contributed by atoms with Crippen LogP contribution >= 0.6 is 0 Å². The van der Waals surface area contributed by atoms with Crippen molar-refractivity contribution in [2.75, 3.05) is 6.61 Å². The van der Waals surface area contributed by atoms with Crippen LogP contribution in [-0.2, 0) is 0 Å². The summed E-state index contributed by atoms with van der Waals surface area (Å²) in [7, 11) is 0. The van der Waals surface area contributed by atoms with Gasteiger partial charge in [-0.2, -0.15) is 0 Å². The molecule has 0 aliphatic rings. The number of carbonyl (C=O) groups is 1. The summed E-state index contributed by atoms with van der Waals surface area (Å²) in [5.41, 5.74) is 0.670. The van der Waals surface area contributed by atoms with E-state index in [2.05, 4.69) is 13.8 Å². The van der Waals surface area contributed by atoms with Crippen LogP contribution in [0.2, 0.25) is 0 Å². The van der Waals surface area contributed by atoms with Crippen LogP contribution in [0.5, 0.6) is 5.75 Å². The van der Waals surface area contributed by atoms with Gasteiger partial charge >= 0.3 is 0 Å². The first-order valence-corrected chi connectivity index (χ1v) is 6.48. The molecule has 2 heteroatoms. The van der Waals surface area contributed by atoms with Gasteiger partial charge in [0.05, 0.1) is 6.61 Å². The summed E-state index contributed by atoms with van der Waals surface area (Å²) in [6.45, 7) is 5.16. The van der Waals surface area contributed by atoms with E-state index in [9.17, 15) is 4.79 Å². The van der Waals surface area contributed by atoms with Crippen LogP contribution in [0.4, 0.5) is 0 Å². The SMILES string of the molecule is CCCCC(CC)COc1cccc(C=O)c1. The number of benzene rings is 1. The lowest BCUT2D eigenvalue weighted by Gasteiger charge is -2.15. The first-order chi connectivity index (χ1) is 8.30. The van der Waals surface area contributed by atoms with Gasteiger partial charge in [0.15, 0.2) is 0 Å². The number of rotatable bonds is 8. The summed E-state index contributed by atoms with van der Waals surface area (Å²) < 4.78 is 5.74. The summed E-state index contributed by atoms with van der Waals surface area (Å²) >= 11 is 0. The van der Waals surface area contributed by atoms with Crippen LogP contribution in [0.1, 0.15) is 49.9 Å². The molecule has 1 rings (SSSR count). The minimum Gasteiger partial charge on any atom is -0.493 e. The molecule has 0 spiro atoms. The summed E-state index contributed by atoms with van der Waals surface area (Å²) in [4.78, 5) is 10.6. The van der Waals surface area contributed by atoms with Gasteiger partial charge in [-0.15, -0.1) is 0 Å². The third kappa shape index (κ3) is 5.03. The molecule has 2 nitrogen and oxygen atoms in total. The maximum atomic E-state index is 10.6. The molecular weight excluding hydrogens is 212 g/mol. The van der Waals surface area contributed by atoms with E-state index >= 15 is 0 Å². The molecule has 1 aromatic carbocycles. The topological polar surface area (TPSA) is 26.3 Å². The molecule has 94 valence electrons. The molecule has 0 bridgehead atoms. The standard InChI is InChI=1S/C15H22O2/c1-3-5-7-13(4-2)12-17-15-9-6-8-14(10-15)11-16/h6,8-11,13H,3-5,7,12H2,1-2H3. The lowest BCUT2D eigenvalue weighted by Crippen LogP contribution is -2.11. The largest absolute Gasteiger partial charge is 0.493 e. The number of ether oxygens (including phenoxy) is 1. The predicted molar refractivity (Wildman–Crippen MR) is 70.6 cm³/mol. The van der Waals surface area contributed by atoms with E-state index in [0.717, 1.165) is 25.1 Å². The third-order valence-corrected chi connectivity index (χ3v) is 3.02. The van der Waals surface area contributed by atoms with Crippen LogP contribution in [0.15, 0.2) is 24.3 Å². The van der Waals surface area contributed by atoms with Crippen LogP contribution in [0.3, 0.4) is 0 Å². The summed E-state index contributed by atoms with van der Waals surface area (Å²) in [5.74, 6) is 1.42. The van der Waals surface area contributed by atoms with E-state index in [1.165, 1.54) is 19.3 Å². The highest BCUT2D eigenvalue weighted by Gasteiger charge is 2.06. The third-order valence-electron chi connectivity index (χ3n) is 3.02. The highest BCUT2D eigenvalue weighted by molar-refractivity contribution is 5.75. The molecule has 1 unspecified atom stereocenters. The van der Waals surface area contributed by atoms with E-state index in [1.54, 1.807) is 12.1 Å². The quantitative estimate of drug-likeness (QED) is 0.633. The molecule has 1 aromatic rings. The van der Waals surface area contributed by atoms with Crippen LogP contribution in [0.25, 0.3) is 0 Å². The van der Waals surface area contributed by atoms with Crippen molar-refractivity contribution in [3.63, 3.8) is 0 Å². The summed E-state index contributed by atoms with van der Waals surface area (Å²) in [5, 5.41) is 0. The first-order valence-electron chi connectivity index (χ1n) is 6.48. The normalized spacial score (nSPS) is 12.1. The summed E-state index contributed by atoms with van der Waals surface area (Å²) in [6.07, 6.45) is 5.71. The Morgan fingerprint density at radius 2 is 2.18 bits per heavy atom. The maximum Gasteiger partial charge on any atom is 0.150 e. The van der Waals surface area contributed by atoms with Crippen molar-refractivity contribution in [1.29, 1.82) is 0 Å². The zero-order valence-electron chi connectivity index (χ0n) is 10.8. The van der Waals surface area contributed by atoms with Gasteiger partial charge in [-0.3, -0.25) is 4.79 Å². The number of carbonyl (C=O) groups excluding carboxylic acids is 1. The number of hydrogen-bond acceptors (Lipinski definition) is 2. The van der Waals surface area contributed by atoms with Crippen LogP contribution < -0.4 is 4.74 Å². The minimum atomic E-state index is 0.620. The Morgan fingerprint density at radius 3 is 2.82 bits per heavy atom. The van der Waals surface area contributed by atoms with E-state index in [-0.39, 0.29) is 0 Å². The molecule has 0 aliphatic heterocycles. The summed E-state index contributed by atoms with van der Waals surface area (Å²) in [6, 6.07) is 7.33. The van der Waals surface area contributed by atoms with Gasteiger partial charge < -0.3 is 4.74 Å². The Hall–Kier alpha value is -1.31. The Kier molecular flexibility index (Phi) is 6.38. The van der Waals surface area contributed by atoms with Crippen molar-refractivity contribution in [2.24, 2.45) is 5.92 Å². The van der Waals surface area contributed by atoms with E-state index in [0.29, 0.717) is 11.5 Å². The van der Waals surface area contributed by atoms with E-state index < -0.39 is 0 Å². The molecule has 17 heavy (non-hydrogen) atoms. The van der Waals surface area contributed by atoms with Crippen LogP contribution in [0, 0.1) is 5.92 Å². The molecule has 0 fully saturated rings. The van der Waals surface area contributed by atoms with Gasteiger partial charge in [0.25, 0.3) is 0 Å². The molecule has 1 atom stereocenters. The molecule has 0 radical (unpaired) electrons. The Balaban J connectivity index is 2.44. The molecule has 0 heterocycles. The first kappa shape index (κ1) is 13.8. The Morgan fingerprint density at radius 1 is 1.35 bits per heavy atom. The second-order valence-corrected chi connectivity index (χ2v) is 4.42. The minimum absolute atomic E-state index is 0.620. The lowest BCUT2D eigenvalue weighted by atomic mass is 10.0. The maximum absolute atomic E-state index is 10.6. The van der Waals surface area contributed by atoms with Crippen molar-refractivity contribution in [3.05, 3.63) is 29.8 Å². The highest BCUT2D eigenvalue weighted by Crippen LogP contribution is 2.17. The van der Waals surface area contributed by atoms with Gasteiger partial charge in [-0.1, -0.05) is 45.2 Å². The second kappa shape index (κ2) is 7.88. The highest BCUT2D eigenvalue weighted by atomic mass is 16.5. The smallest absolute Gasteiger partial charge is 0.150 e. The molecule has 0 saturated carbocycles. The predicted octanol–water partition coefficient (Wildman–Crippen LogP) is 4.09. The van der Waals surface area contributed by atoms with Crippen molar-refractivity contribution in [1.82, 2.24) is 0 Å². The second-order valence-electron chi connectivity index (χ2n) is 4.42. The zero-order valence-corrected chi connectivity index (χ0v) is 10.8. The monoisotopic (exact) mass is 234 g/mol. The molecule has 0 saturated heterocycles. The fraction of sp³-hybridized carbons (Fsp3) is 0.533. The van der Waals surface area contributed by atoms with Crippen molar-refractivity contribution >= 4 is 6.29 Å². The Bertz CT molecular complexity index is 333. The van der Waals surface area contributed by atoms with Crippen LogP contribution in [-0.4, -0.2) is 12.9 Å². The molecule has 0 aromatic heterocycles. The van der Waals surface area contributed by atoms with Gasteiger partial charge in [0.1, 0.15) is 12.0 Å². The van der Waals surface area contributed by atoms with E-state index in [1.807, 2.05) is 12.1 Å². The number of unbranched alkanes of at least 4 members (excludes halogenated alkanes) is 1. The molecular formula is C15H22O2. The fourth-order valence-electron chi connectivity index (χ4n) is 1.79. The molecule has 0 amide bonds. The average molecular weight is 234 g/mol. The van der Waals surface area contributed by atoms with Crippen molar-refractivity contribution in [2.45, 2.75) is 39.5 Å². The number of hydrogen-bond donors (Lipinski definition) is 0. The zero-order chi connectivity index (χ0) is 12.5. The lowest BCUT2D eigenvalue weighted by molar-refractivity contribution is 0.112. The number of aldehydes is 1. The molecule has 0 aliphatic carbocycles. The van der Waals surface area contributed by atoms with E-state index in [4.69, 9.17) is 4.74 Å². The van der Waals surface area contributed by atoms with Gasteiger partial charge in [0, 0.05) is 5.56 Å². The fourth-order valence-corrected chi connectivity index (χ4v) is 1.79. The molecule has 0 N–H and O–H groups in total. The Labute approximate surface area is 104 Å². The van der Waals surface area contributed by atoms with Gasteiger partial charge in [-0.25, -0.2) is 0 Å². The van der Waals surface area contributed by atoms with Crippen molar-refractivity contribution in [3.8, 4) is 5.75 Å². The van der Waals surface area contributed by atoms with Gasteiger partial charge in [0.2, 0.25) is 0 Å². The van der Waals surface area contributed by atoms with Crippen molar-refractivity contribution < 1.29 is 9.53 Å².